The number of nitrogens with one attached hydrogen (secondary N) is 2. The smallest absolute Gasteiger partial charge is 0.251 e. The molecule has 24 heavy (non-hydrogen) atoms. The molecule has 0 radical (unpaired) electrons. The number of hydrogen-bond acceptors (Lipinski definition) is 3. The van der Waals surface area contributed by atoms with Crippen molar-refractivity contribution < 1.29 is 17.6 Å². The Bertz CT molecular complexity index is 851. The van der Waals surface area contributed by atoms with Gasteiger partial charge in [0.05, 0.1) is 4.90 Å². The molecular formula is C17H19FN2O3S. The third kappa shape index (κ3) is 4.39. The lowest BCUT2D eigenvalue weighted by Crippen LogP contribution is -2.26. The summed E-state index contributed by atoms with van der Waals surface area (Å²) in [6, 6.07) is 10.3. The van der Waals surface area contributed by atoms with Gasteiger partial charge in [-0.3, -0.25) is 4.79 Å². The lowest BCUT2D eigenvalue weighted by Gasteiger charge is -2.11. The Balaban J connectivity index is 2.20. The molecule has 0 atom stereocenters. The van der Waals surface area contributed by atoms with E-state index in [1.807, 2.05) is 0 Å². The van der Waals surface area contributed by atoms with E-state index in [9.17, 15) is 17.6 Å². The lowest BCUT2D eigenvalue weighted by atomic mass is 10.1. The molecule has 0 bridgehead atoms. The largest absolute Gasteiger partial charge is 0.348 e. The second kappa shape index (κ2) is 7.55. The van der Waals surface area contributed by atoms with Crippen molar-refractivity contribution in [3.8, 4) is 0 Å². The first-order valence-electron chi connectivity index (χ1n) is 7.46. The topological polar surface area (TPSA) is 75.3 Å². The molecule has 0 spiro atoms. The second-order valence-corrected chi connectivity index (χ2v) is 7.06. The standard InChI is InChI=1S/C17H19FN2O3S/c1-3-20-24(22,23)15-8-7-12(2)16(10-15)17(21)19-11-13-5-4-6-14(18)9-13/h4-10,20H,3,11H2,1-2H3,(H,19,21). The number of carbonyl (C=O) groups excluding carboxylic acids is 1. The van der Waals surface area contributed by atoms with E-state index < -0.39 is 15.9 Å². The molecule has 2 N–H and O–H groups in total. The van der Waals surface area contributed by atoms with Crippen molar-refractivity contribution in [1.82, 2.24) is 10.0 Å². The minimum atomic E-state index is -3.64. The predicted molar refractivity (Wildman–Crippen MR) is 89.6 cm³/mol. The van der Waals surface area contributed by atoms with Gasteiger partial charge < -0.3 is 5.32 Å². The fourth-order valence-corrected chi connectivity index (χ4v) is 3.28. The SMILES string of the molecule is CCNS(=O)(=O)c1ccc(C)c(C(=O)NCc2cccc(F)c2)c1. The molecule has 0 aromatic heterocycles. The van der Waals surface area contributed by atoms with Gasteiger partial charge in [-0.05, 0) is 42.3 Å². The van der Waals surface area contributed by atoms with E-state index >= 15 is 0 Å². The molecule has 0 heterocycles. The first-order valence-corrected chi connectivity index (χ1v) is 8.95. The molecule has 128 valence electrons. The summed E-state index contributed by atoms with van der Waals surface area (Å²) in [5.41, 5.74) is 1.55. The first-order chi connectivity index (χ1) is 11.3. The van der Waals surface area contributed by atoms with Gasteiger partial charge in [-0.1, -0.05) is 25.1 Å². The summed E-state index contributed by atoms with van der Waals surface area (Å²) in [7, 11) is -3.64. The maximum atomic E-state index is 13.1. The summed E-state index contributed by atoms with van der Waals surface area (Å²) < 4.78 is 39.6. The van der Waals surface area contributed by atoms with Crippen LogP contribution in [0.4, 0.5) is 4.39 Å². The monoisotopic (exact) mass is 350 g/mol. The quantitative estimate of drug-likeness (QED) is 0.840. The van der Waals surface area contributed by atoms with Crippen molar-refractivity contribution in [3.05, 3.63) is 65.0 Å². The third-order valence-corrected chi connectivity index (χ3v) is 4.98. The van der Waals surface area contributed by atoms with Gasteiger partial charge in [-0.2, -0.15) is 0 Å². The summed E-state index contributed by atoms with van der Waals surface area (Å²) in [4.78, 5) is 12.4. The van der Waals surface area contributed by atoms with E-state index in [4.69, 9.17) is 0 Å². The van der Waals surface area contributed by atoms with E-state index in [1.54, 1.807) is 32.0 Å². The van der Waals surface area contributed by atoms with Gasteiger partial charge in [0.25, 0.3) is 5.91 Å². The average molecular weight is 350 g/mol. The summed E-state index contributed by atoms with van der Waals surface area (Å²) in [6.45, 7) is 3.82. The molecule has 2 aromatic rings. The predicted octanol–water partition coefficient (Wildman–Crippen LogP) is 2.36. The number of rotatable bonds is 6. The maximum absolute atomic E-state index is 13.1. The van der Waals surface area contributed by atoms with Crippen molar-refractivity contribution in [2.24, 2.45) is 0 Å². The molecule has 0 saturated heterocycles. The maximum Gasteiger partial charge on any atom is 0.251 e. The summed E-state index contributed by atoms with van der Waals surface area (Å²) in [5, 5.41) is 2.67. The minimum absolute atomic E-state index is 0.0332. The number of amides is 1. The number of aryl methyl sites for hydroxylation is 1. The molecule has 2 rings (SSSR count). The van der Waals surface area contributed by atoms with Crippen LogP contribution in [0.25, 0.3) is 0 Å². The fraction of sp³-hybridized carbons (Fsp3) is 0.235. The highest BCUT2D eigenvalue weighted by molar-refractivity contribution is 7.89. The highest BCUT2D eigenvalue weighted by atomic mass is 32.2. The fourth-order valence-electron chi connectivity index (χ4n) is 2.21. The van der Waals surface area contributed by atoms with Crippen LogP contribution >= 0.6 is 0 Å². The van der Waals surface area contributed by atoms with E-state index in [0.717, 1.165) is 0 Å². The number of sulfonamides is 1. The Labute approximate surface area is 141 Å². The minimum Gasteiger partial charge on any atom is -0.348 e. The number of benzene rings is 2. The molecule has 0 saturated carbocycles. The highest BCUT2D eigenvalue weighted by Crippen LogP contribution is 2.16. The van der Waals surface area contributed by atoms with E-state index in [1.165, 1.54) is 24.3 Å². The Hall–Kier alpha value is -2.25. The summed E-state index contributed by atoms with van der Waals surface area (Å²) in [5.74, 6) is -0.790. The normalized spacial score (nSPS) is 11.3. The summed E-state index contributed by atoms with van der Waals surface area (Å²) in [6.07, 6.45) is 0. The third-order valence-electron chi connectivity index (χ3n) is 3.44. The van der Waals surface area contributed by atoms with Gasteiger partial charge in [0.15, 0.2) is 0 Å². The van der Waals surface area contributed by atoms with Crippen LogP contribution in [0.1, 0.15) is 28.4 Å². The van der Waals surface area contributed by atoms with Crippen molar-refractivity contribution >= 4 is 15.9 Å². The van der Waals surface area contributed by atoms with Gasteiger partial charge in [0.2, 0.25) is 10.0 Å². The van der Waals surface area contributed by atoms with Gasteiger partial charge in [0, 0.05) is 18.7 Å². The second-order valence-electron chi connectivity index (χ2n) is 5.29. The molecule has 2 aromatic carbocycles. The molecule has 1 amide bonds. The number of hydrogen-bond donors (Lipinski definition) is 2. The van der Waals surface area contributed by atoms with Gasteiger partial charge in [0.1, 0.15) is 5.82 Å². The van der Waals surface area contributed by atoms with Crippen LogP contribution in [0.2, 0.25) is 0 Å². The van der Waals surface area contributed by atoms with Gasteiger partial charge in [-0.15, -0.1) is 0 Å². The van der Waals surface area contributed by atoms with Crippen LogP contribution in [0, 0.1) is 12.7 Å². The van der Waals surface area contributed by atoms with Crippen LogP contribution in [-0.2, 0) is 16.6 Å². The Morgan fingerprint density at radius 1 is 1.17 bits per heavy atom. The molecule has 0 aliphatic carbocycles. The number of halogens is 1. The van der Waals surface area contributed by atoms with Crippen molar-refractivity contribution in [2.45, 2.75) is 25.3 Å². The van der Waals surface area contributed by atoms with E-state index in [-0.39, 0.29) is 29.4 Å². The summed E-state index contributed by atoms with van der Waals surface area (Å²) >= 11 is 0. The molecular weight excluding hydrogens is 331 g/mol. The lowest BCUT2D eigenvalue weighted by molar-refractivity contribution is 0.0950. The van der Waals surface area contributed by atoms with Crippen molar-refractivity contribution in [1.29, 1.82) is 0 Å². The Morgan fingerprint density at radius 3 is 2.58 bits per heavy atom. The zero-order valence-corrected chi connectivity index (χ0v) is 14.3. The first kappa shape index (κ1) is 18.1. The van der Waals surface area contributed by atoms with E-state index in [0.29, 0.717) is 11.1 Å². The Kier molecular flexibility index (Phi) is 5.69. The molecule has 0 fully saturated rings. The highest BCUT2D eigenvalue weighted by Gasteiger charge is 2.17. The molecule has 0 unspecified atom stereocenters. The van der Waals surface area contributed by atoms with Crippen LogP contribution in [0.5, 0.6) is 0 Å². The van der Waals surface area contributed by atoms with Crippen molar-refractivity contribution in [2.75, 3.05) is 6.54 Å². The molecule has 0 aliphatic heterocycles. The molecule has 0 aliphatic rings. The van der Waals surface area contributed by atoms with E-state index in [2.05, 4.69) is 10.0 Å². The molecule has 7 heteroatoms. The van der Waals surface area contributed by atoms with Gasteiger partial charge in [-0.25, -0.2) is 17.5 Å². The molecule has 5 nitrogen and oxygen atoms in total. The van der Waals surface area contributed by atoms with Gasteiger partial charge >= 0.3 is 0 Å². The number of carbonyl (C=O) groups is 1. The Morgan fingerprint density at radius 2 is 1.92 bits per heavy atom. The van der Waals surface area contributed by atoms with Crippen LogP contribution in [0.15, 0.2) is 47.4 Å². The van der Waals surface area contributed by atoms with Crippen LogP contribution in [0.3, 0.4) is 0 Å². The van der Waals surface area contributed by atoms with Crippen LogP contribution in [-0.4, -0.2) is 20.9 Å². The van der Waals surface area contributed by atoms with Crippen molar-refractivity contribution in [3.63, 3.8) is 0 Å². The van der Waals surface area contributed by atoms with Crippen LogP contribution < -0.4 is 10.0 Å². The zero-order valence-electron chi connectivity index (χ0n) is 13.5. The average Bonchev–Trinajstić information content (AvgIpc) is 2.53. The zero-order chi connectivity index (χ0) is 17.7.